The smallest absolute Gasteiger partial charge is 0.228 e. The zero-order valence-electron chi connectivity index (χ0n) is 13.3. The van der Waals surface area contributed by atoms with Crippen molar-refractivity contribution in [1.29, 1.82) is 0 Å². The molecule has 2 aromatic rings. The average Bonchev–Trinajstić information content (AvgIpc) is 3.04. The first-order valence-electron chi connectivity index (χ1n) is 7.40. The number of aromatic nitrogens is 2. The maximum atomic E-state index is 12.1. The Hall–Kier alpha value is -2.15. The molecule has 0 bridgehead atoms. The fraction of sp³-hybridized carbons (Fsp3) is 0.375. The van der Waals surface area contributed by atoms with E-state index in [1.54, 1.807) is 11.8 Å². The zero-order chi connectivity index (χ0) is 16.6. The summed E-state index contributed by atoms with van der Waals surface area (Å²) in [6.45, 7) is 3.67. The van der Waals surface area contributed by atoms with Gasteiger partial charge < -0.3 is 10.1 Å². The van der Waals surface area contributed by atoms with Crippen LogP contribution in [0.5, 0.6) is 5.75 Å². The van der Waals surface area contributed by atoms with Crippen LogP contribution in [0.1, 0.15) is 25.1 Å². The summed E-state index contributed by atoms with van der Waals surface area (Å²) in [5.74, 6) is 2.01. The summed E-state index contributed by atoms with van der Waals surface area (Å²) in [6.07, 6.45) is 0. The molecule has 23 heavy (non-hydrogen) atoms. The second-order valence-corrected chi connectivity index (χ2v) is 7.21. The van der Waals surface area contributed by atoms with Crippen LogP contribution >= 0.6 is 0 Å². The minimum Gasteiger partial charge on any atom is -0.497 e. The molecule has 0 aliphatic carbocycles. The van der Waals surface area contributed by atoms with Crippen molar-refractivity contribution in [3.05, 3.63) is 35.5 Å². The zero-order valence-corrected chi connectivity index (χ0v) is 14.1. The van der Waals surface area contributed by atoms with Gasteiger partial charge in [0.25, 0.3) is 0 Å². The predicted molar refractivity (Wildman–Crippen MR) is 89.1 cm³/mol. The van der Waals surface area contributed by atoms with Crippen molar-refractivity contribution in [3.63, 3.8) is 0 Å². The molecule has 1 atom stereocenters. The summed E-state index contributed by atoms with van der Waals surface area (Å²) in [6, 6.07) is 7.44. The molecular weight excluding hydrogens is 314 g/mol. The summed E-state index contributed by atoms with van der Waals surface area (Å²) in [7, 11) is 0.671. The number of ether oxygens (including phenoxy) is 1. The SMILES string of the molecule is COc1ccc(-n2nc3c(c2NC(=O)C(C)C)CS(=O)C3)cc1. The normalized spacial score (nSPS) is 16.4. The highest BCUT2D eigenvalue weighted by molar-refractivity contribution is 7.83. The quantitative estimate of drug-likeness (QED) is 0.931. The molecule has 1 aromatic heterocycles. The summed E-state index contributed by atoms with van der Waals surface area (Å²) in [5.41, 5.74) is 2.48. The Morgan fingerprint density at radius 3 is 2.61 bits per heavy atom. The van der Waals surface area contributed by atoms with Gasteiger partial charge in [-0.25, -0.2) is 4.68 Å². The first kappa shape index (κ1) is 15.7. The number of hydrogen-bond donors (Lipinski definition) is 1. The molecule has 0 spiro atoms. The lowest BCUT2D eigenvalue weighted by atomic mass is 10.2. The molecule has 1 amide bonds. The molecule has 0 saturated carbocycles. The van der Waals surface area contributed by atoms with Crippen LogP contribution in [0, 0.1) is 5.92 Å². The van der Waals surface area contributed by atoms with Gasteiger partial charge in [0, 0.05) is 22.3 Å². The Morgan fingerprint density at radius 1 is 1.30 bits per heavy atom. The summed E-state index contributed by atoms with van der Waals surface area (Å²) in [4.78, 5) is 12.1. The van der Waals surface area contributed by atoms with Gasteiger partial charge in [0.2, 0.25) is 5.91 Å². The fourth-order valence-electron chi connectivity index (χ4n) is 2.43. The van der Waals surface area contributed by atoms with Crippen molar-refractivity contribution >= 4 is 22.5 Å². The van der Waals surface area contributed by atoms with Crippen LogP contribution in [-0.2, 0) is 27.1 Å². The lowest BCUT2D eigenvalue weighted by molar-refractivity contribution is -0.118. The minimum absolute atomic E-state index is 0.0832. The van der Waals surface area contributed by atoms with Crippen molar-refractivity contribution in [2.45, 2.75) is 25.4 Å². The predicted octanol–water partition coefficient (Wildman–Crippen LogP) is 2.24. The van der Waals surface area contributed by atoms with Gasteiger partial charge in [-0.05, 0) is 24.3 Å². The number of nitrogens with zero attached hydrogens (tertiary/aromatic N) is 2. The monoisotopic (exact) mass is 333 g/mol. The van der Waals surface area contributed by atoms with E-state index in [9.17, 15) is 9.00 Å². The maximum Gasteiger partial charge on any atom is 0.228 e. The third kappa shape index (κ3) is 3.01. The molecule has 1 unspecified atom stereocenters. The molecule has 6 nitrogen and oxygen atoms in total. The molecular formula is C16H19N3O3S. The number of fused-ring (bicyclic) bond motifs is 1. The van der Waals surface area contributed by atoms with Crippen LogP contribution in [-0.4, -0.2) is 27.0 Å². The van der Waals surface area contributed by atoms with E-state index in [-0.39, 0.29) is 11.8 Å². The fourth-order valence-corrected chi connectivity index (χ4v) is 3.69. The number of anilines is 1. The molecule has 1 N–H and O–H groups in total. The maximum absolute atomic E-state index is 12.1. The van der Waals surface area contributed by atoms with Crippen LogP contribution in [0.2, 0.25) is 0 Å². The lowest BCUT2D eigenvalue weighted by Gasteiger charge is -2.12. The Labute approximate surface area is 137 Å². The Balaban J connectivity index is 2.04. The van der Waals surface area contributed by atoms with Gasteiger partial charge in [0.15, 0.2) is 0 Å². The number of benzene rings is 1. The molecule has 0 radical (unpaired) electrons. The van der Waals surface area contributed by atoms with Crippen molar-refractivity contribution in [2.75, 3.05) is 12.4 Å². The molecule has 0 fully saturated rings. The Kier molecular flexibility index (Phi) is 4.21. The van der Waals surface area contributed by atoms with Gasteiger partial charge in [-0.15, -0.1) is 0 Å². The molecule has 1 aliphatic heterocycles. The molecule has 1 aromatic carbocycles. The standard InChI is InChI=1S/C16H19N3O3S/c1-10(2)16(20)17-15-13-8-23(21)9-14(13)18-19(15)11-4-6-12(22-3)7-5-11/h4-7,10H,8-9H2,1-3H3,(H,17,20). The second kappa shape index (κ2) is 6.16. The topological polar surface area (TPSA) is 73.2 Å². The first-order chi connectivity index (χ1) is 11.0. The lowest BCUT2D eigenvalue weighted by Crippen LogP contribution is -2.21. The van der Waals surface area contributed by atoms with E-state index in [0.29, 0.717) is 17.3 Å². The molecule has 1 aliphatic rings. The Morgan fingerprint density at radius 2 is 2.00 bits per heavy atom. The van der Waals surface area contributed by atoms with Crippen molar-refractivity contribution < 1.29 is 13.7 Å². The van der Waals surface area contributed by atoms with Gasteiger partial charge in [0.1, 0.15) is 11.6 Å². The number of hydrogen-bond acceptors (Lipinski definition) is 4. The largest absolute Gasteiger partial charge is 0.497 e. The van der Waals surface area contributed by atoms with E-state index < -0.39 is 10.8 Å². The van der Waals surface area contributed by atoms with Crippen LogP contribution in [0.15, 0.2) is 24.3 Å². The number of carbonyl (C=O) groups excluding carboxylic acids is 1. The second-order valence-electron chi connectivity index (χ2n) is 5.76. The van der Waals surface area contributed by atoms with Crippen LogP contribution in [0.25, 0.3) is 5.69 Å². The van der Waals surface area contributed by atoms with Crippen LogP contribution in [0.3, 0.4) is 0 Å². The number of methoxy groups -OCH3 is 1. The summed E-state index contributed by atoms with van der Waals surface area (Å²) >= 11 is 0. The van der Waals surface area contributed by atoms with Crippen LogP contribution in [0.4, 0.5) is 5.82 Å². The molecule has 2 heterocycles. The van der Waals surface area contributed by atoms with E-state index >= 15 is 0 Å². The number of carbonyl (C=O) groups is 1. The average molecular weight is 333 g/mol. The third-order valence-electron chi connectivity index (χ3n) is 3.75. The highest BCUT2D eigenvalue weighted by Crippen LogP contribution is 2.32. The first-order valence-corrected chi connectivity index (χ1v) is 8.89. The van der Waals surface area contributed by atoms with Crippen molar-refractivity contribution in [2.24, 2.45) is 5.92 Å². The van der Waals surface area contributed by atoms with E-state index in [2.05, 4.69) is 10.4 Å². The highest BCUT2D eigenvalue weighted by atomic mass is 32.2. The van der Waals surface area contributed by atoms with E-state index in [1.807, 2.05) is 38.1 Å². The van der Waals surface area contributed by atoms with Gasteiger partial charge in [0.05, 0.1) is 30.0 Å². The Bertz CT molecular complexity index is 766. The molecule has 3 rings (SSSR count). The molecule has 7 heteroatoms. The van der Waals surface area contributed by atoms with Gasteiger partial charge in [-0.3, -0.25) is 9.00 Å². The molecule has 122 valence electrons. The van der Waals surface area contributed by atoms with Gasteiger partial charge >= 0.3 is 0 Å². The van der Waals surface area contributed by atoms with Gasteiger partial charge in [-0.2, -0.15) is 5.10 Å². The number of nitrogens with one attached hydrogen (secondary N) is 1. The van der Waals surface area contributed by atoms with E-state index in [4.69, 9.17) is 4.74 Å². The van der Waals surface area contributed by atoms with Crippen molar-refractivity contribution in [1.82, 2.24) is 9.78 Å². The minimum atomic E-state index is -0.941. The number of amides is 1. The van der Waals surface area contributed by atoms with E-state index in [1.165, 1.54) is 0 Å². The molecule has 0 saturated heterocycles. The summed E-state index contributed by atoms with van der Waals surface area (Å²) < 4.78 is 18.7. The van der Waals surface area contributed by atoms with Crippen LogP contribution < -0.4 is 10.1 Å². The number of rotatable bonds is 4. The van der Waals surface area contributed by atoms with Gasteiger partial charge in [-0.1, -0.05) is 13.8 Å². The van der Waals surface area contributed by atoms with E-state index in [0.717, 1.165) is 22.7 Å². The summed E-state index contributed by atoms with van der Waals surface area (Å²) in [5, 5.41) is 7.48. The highest BCUT2D eigenvalue weighted by Gasteiger charge is 2.28. The van der Waals surface area contributed by atoms with Crippen molar-refractivity contribution in [3.8, 4) is 11.4 Å². The third-order valence-corrected chi connectivity index (χ3v) is 4.96.